The third-order valence-electron chi connectivity index (χ3n) is 1.95. The Morgan fingerprint density at radius 2 is 2.55 bits per heavy atom. The molecule has 1 atom stereocenters. The van der Waals surface area contributed by atoms with Crippen LogP contribution in [0.25, 0.3) is 0 Å². The van der Waals surface area contributed by atoms with Crippen LogP contribution in [0.3, 0.4) is 0 Å². The molecule has 0 aromatic rings. The van der Waals surface area contributed by atoms with Crippen LogP contribution < -0.4 is 11.1 Å². The van der Waals surface area contributed by atoms with Gasteiger partial charge < -0.3 is 16.0 Å². The summed E-state index contributed by atoms with van der Waals surface area (Å²) in [6.45, 7) is 3.21. The summed E-state index contributed by atoms with van der Waals surface area (Å²) in [5, 5.41) is 3.30. The van der Waals surface area contributed by atoms with Gasteiger partial charge in [-0.1, -0.05) is 0 Å². The van der Waals surface area contributed by atoms with E-state index in [1.54, 1.807) is 4.90 Å². The Kier molecular flexibility index (Phi) is 3.32. The number of carbonyl (C=O) groups is 1. The maximum atomic E-state index is 10.4. The normalized spacial score (nSPS) is 25.2. The second-order valence-electron chi connectivity index (χ2n) is 2.83. The molecule has 0 saturated carbocycles. The zero-order chi connectivity index (χ0) is 8.10. The molecule has 64 valence electrons. The highest BCUT2D eigenvalue weighted by molar-refractivity contribution is 5.47. The van der Waals surface area contributed by atoms with E-state index in [0.29, 0.717) is 12.6 Å². The van der Waals surface area contributed by atoms with Crippen molar-refractivity contribution < 1.29 is 4.79 Å². The first-order valence-corrected chi connectivity index (χ1v) is 3.99. The third kappa shape index (κ3) is 2.48. The van der Waals surface area contributed by atoms with Crippen molar-refractivity contribution in [1.82, 2.24) is 10.2 Å². The van der Waals surface area contributed by atoms with Crippen LogP contribution >= 0.6 is 0 Å². The Balaban J connectivity index is 2.27. The standard InChI is InChI=1S/C7H15N3O/c8-2-1-7-5-10(6-11)4-3-9-7/h6-7,9H,1-5,8H2. The Morgan fingerprint density at radius 3 is 3.18 bits per heavy atom. The number of piperazine rings is 1. The van der Waals surface area contributed by atoms with Crippen molar-refractivity contribution in [3.05, 3.63) is 0 Å². The van der Waals surface area contributed by atoms with Crippen molar-refractivity contribution in [3.8, 4) is 0 Å². The van der Waals surface area contributed by atoms with E-state index in [4.69, 9.17) is 5.73 Å². The van der Waals surface area contributed by atoms with Gasteiger partial charge in [0.15, 0.2) is 0 Å². The molecule has 1 saturated heterocycles. The molecule has 0 spiro atoms. The van der Waals surface area contributed by atoms with Crippen LogP contribution in [0.15, 0.2) is 0 Å². The summed E-state index contributed by atoms with van der Waals surface area (Å²) < 4.78 is 0. The van der Waals surface area contributed by atoms with Gasteiger partial charge in [-0.3, -0.25) is 4.79 Å². The Morgan fingerprint density at radius 1 is 1.73 bits per heavy atom. The summed E-state index contributed by atoms with van der Waals surface area (Å²) in [5.74, 6) is 0. The minimum absolute atomic E-state index is 0.402. The highest BCUT2D eigenvalue weighted by Crippen LogP contribution is 1.98. The summed E-state index contributed by atoms with van der Waals surface area (Å²) in [4.78, 5) is 12.2. The van der Waals surface area contributed by atoms with Gasteiger partial charge in [-0.25, -0.2) is 0 Å². The summed E-state index contributed by atoms with van der Waals surface area (Å²) in [6, 6.07) is 0.402. The topological polar surface area (TPSA) is 58.4 Å². The SMILES string of the molecule is NCCC1CN(C=O)CCN1. The molecule has 1 heterocycles. The molecule has 0 aromatic heterocycles. The van der Waals surface area contributed by atoms with Gasteiger partial charge in [0, 0.05) is 25.7 Å². The first kappa shape index (κ1) is 8.49. The quantitative estimate of drug-likeness (QED) is 0.504. The lowest BCUT2D eigenvalue weighted by Gasteiger charge is -2.30. The molecule has 1 amide bonds. The third-order valence-corrected chi connectivity index (χ3v) is 1.95. The van der Waals surface area contributed by atoms with Crippen LogP contribution in [0.5, 0.6) is 0 Å². The molecule has 1 aliphatic heterocycles. The average molecular weight is 157 g/mol. The summed E-state index contributed by atoms with van der Waals surface area (Å²) in [6.07, 6.45) is 1.86. The maximum Gasteiger partial charge on any atom is 0.209 e. The summed E-state index contributed by atoms with van der Waals surface area (Å²) >= 11 is 0. The maximum absolute atomic E-state index is 10.4. The molecule has 0 radical (unpaired) electrons. The van der Waals surface area contributed by atoms with E-state index in [2.05, 4.69) is 5.32 Å². The van der Waals surface area contributed by atoms with Gasteiger partial charge in [-0.2, -0.15) is 0 Å². The molecule has 11 heavy (non-hydrogen) atoms. The van der Waals surface area contributed by atoms with Crippen molar-refractivity contribution in [3.63, 3.8) is 0 Å². The zero-order valence-corrected chi connectivity index (χ0v) is 6.62. The van der Waals surface area contributed by atoms with Gasteiger partial charge >= 0.3 is 0 Å². The van der Waals surface area contributed by atoms with Crippen LogP contribution in [0.1, 0.15) is 6.42 Å². The van der Waals surface area contributed by atoms with E-state index >= 15 is 0 Å². The number of rotatable bonds is 3. The number of nitrogens with two attached hydrogens (primary N) is 1. The Hall–Kier alpha value is -0.610. The molecule has 0 bridgehead atoms. The van der Waals surface area contributed by atoms with E-state index in [-0.39, 0.29) is 0 Å². The van der Waals surface area contributed by atoms with Crippen molar-refractivity contribution in [2.24, 2.45) is 5.73 Å². The van der Waals surface area contributed by atoms with Crippen LogP contribution in [0.4, 0.5) is 0 Å². The van der Waals surface area contributed by atoms with E-state index < -0.39 is 0 Å². The zero-order valence-electron chi connectivity index (χ0n) is 6.62. The van der Waals surface area contributed by atoms with Crippen molar-refractivity contribution in [1.29, 1.82) is 0 Å². The Bertz CT molecular complexity index is 127. The number of nitrogens with zero attached hydrogens (tertiary/aromatic N) is 1. The number of nitrogens with one attached hydrogen (secondary N) is 1. The first-order chi connectivity index (χ1) is 5.36. The van der Waals surface area contributed by atoms with Gasteiger partial charge in [-0.05, 0) is 13.0 Å². The molecule has 4 nitrogen and oxygen atoms in total. The summed E-state index contributed by atoms with van der Waals surface area (Å²) in [5.41, 5.74) is 5.40. The van der Waals surface area contributed by atoms with Gasteiger partial charge in [0.1, 0.15) is 0 Å². The highest BCUT2D eigenvalue weighted by atomic mass is 16.1. The van der Waals surface area contributed by atoms with Gasteiger partial charge in [0.25, 0.3) is 0 Å². The van der Waals surface area contributed by atoms with Gasteiger partial charge in [-0.15, -0.1) is 0 Å². The monoisotopic (exact) mass is 157 g/mol. The molecule has 1 unspecified atom stereocenters. The van der Waals surface area contributed by atoms with E-state index in [1.807, 2.05) is 0 Å². The van der Waals surface area contributed by atoms with Crippen molar-refractivity contribution >= 4 is 6.41 Å². The van der Waals surface area contributed by atoms with E-state index in [0.717, 1.165) is 32.5 Å². The average Bonchev–Trinajstić information content (AvgIpc) is 2.06. The van der Waals surface area contributed by atoms with Crippen LogP contribution in [0, 0.1) is 0 Å². The second kappa shape index (κ2) is 4.31. The predicted octanol–water partition coefficient (Wildman–Crippen LogP) is -1.23. The predicted molar refractivity (Wildman–Crippen MR) is 43.1 cm³/mol. The first-order valence-electron chi connectivity index (χ1n) is 3.99. The number of hydrogen-bond acceptors (Lipinski definition) is 3. The van der Waals surface area contributed by atoms with Crippen molar-refractivity contribution in [2.45, 2.75) is 12.5 Å². The molecular formula is C7H15N3O. The molecule has 3 N–H and O–H groups in total. The molecule has 4 heteroatoms. The van der Waals surface area contributed by atoms with E-state index in [9.17, 15) is 4.79 Å². The minimum Gasteiger partial charge on any atom is -0.342 e. The van der Waals surface area contributed by atoms with E-state index in [1.165, 1.54) is 0 Å². The number of carbonyl (C=O) groups excluding carboxylic acids is 1. The highest BCUT2D eigenvalue weighted by Gasteiger charge is 2.16. The number of amides is 1. The van der Waals surface area contributed by atoms with Crippen LogP contribution in [-0.4, -0.2) is 43.5 Å². The molecular weight excluding hydrogens is 142 g/mol. The van der Waals surface area contributed by atoms with Gasteiger partial charge in [0.2, 0.25) is 6.41 Å². The summed E-state index contributed by atoms with van der Waals surface area (Å²) in [7, 11) is 0. The second-order valence-corrected chi connectivity index (χ2v) is 2.83. The Labute approximate surface area is 66.7 Å². The molecule has 1 aliphatic rings. The van der Waals surface area contributed by atoms with Crippen LogP contribution in [0.2, 0.25) is 0 Å². The fourth-order valence-corrected chi connectivity index (χ4v) is 1.34. The van der Waals surface area contributed by atoms with Crippen molar-refractivity contribution in [2.75, 3.05) is 26.2 Å². The lowest BCUT2D eigenvalue weighted by molar-refractivity contribution is -0.119. The fraction of sp³-hybridized carbons (Fsp3) is 0.857. The molecule has 1 rings (SSSR count). The largest absolute Gasteiger partial charge is 0.342 e. The van der Waals surface area contributed by atoms with Gasteiger partial charge in [0.05, 0.1) is 0 Å². The minimum atomic E-state index is 0.402. The lowest BCUT2D eigenvalue weighted by Crippen LogP contribution is -2.50. The fourth-order valence-electron chi connectivity index (χ4n) is 1.34. The van der Waals surface area contributed by atoms with Crippen LogP contribution in [-0.2, 0) is 4.79 Å². The lowest BCUT2D eigenvalue weighted by atomic mass is 10.1. The smallest absolute Gasteiger partial charge is 0.209 e. The molecule has 0 aromatic carbocycles. The molecule has 0 aliphatic carbocycles. The molecule has 1 fully saturated rings. The number of hydrogen-bond donors (Lipinski definition) is 2.